The molecule has 0 aliphatic carbocycles. The van der Waals surface area contributed by atoms with E-state index in [2.05, 4.69) is 39.1 Å². The van der Waals surface area contributed by atoms with Crippen LogP contribution in [0.4, 0.5) is 0 Å². The summed E-state index contributed by atoms with van der Waals surface area (Å²) < 4.78 is 0. The third kappa shape index (κ3) is 5.35. The summed E-state index contributed by atoms with van der Waals surface area (Å²) >= 11 is 0. The third-order valence-corrected chi connectivity index (χ3v) is 4.39. The van der Waals surface area contributed by atoms with Crippen LogP contribution in [0, 0.1) is 6.92 Å². The molecule has 0 atom stereocenters. The molecule has 1 aromatic carbocycles. The molecule has 3 rings (SSSR count). The number of carboxylic acid groups (broad SMARTS) is 2. The number of aryl methyl sites for hydroxylation is 1. The fourth-order valence-electron chi connectivity index (χ4n) is 3.17. The molecule has 138 valence electrons. The van der Waals surface area contributed by atoms with Crippen LogP contribution in [-0.4, -0.2) is 50.6 Å². The van der Waals surface area contributed by atoms with Crippen molar-refractivity contribution in [2.24, 2.45) is 0 Å². The molecule has 2 N–H and O–H groups in total. The first kappa shape index (κ1) is 19.5. The fourth-order valence-corrected chi connectivity index (χ4v) is 3.17. The molecule has 1 aliphatic heterocycles. The number of benzene rings is 1. The number of aromatic nitrogens is 2. The molecule has 0 amide bonds. The Morgan fingerprint density at radius 2 is 1.88 bits per heavy atom. The van der Waals surface area contributed by atoms with E-state index < -0.39 is 5.97 Å². The summed E-state index contributed by atoms with van der Waals surface area (Å²) in [7, 11) is 0. The molecular formula is C19H23N3O4. The Morgan fingerprint density at radius 1 is 1.27 bits per heavy atom. The average molecular weight is 357 g/mol. The molecule has 0 bridgehead atoms. The van der Waals surface area contributed by atoms with Gasteiger partial charge in [-0.1, -0.05) is 30.3 Å². The maximum Gasteiger partial charge on any atom is 0.339 e. The molecule has 0 saturated carbocycles. The van der Waals surface area contributed by atoms with Gasteiger partial charge in [0.2, 0.25) is 0 Å². The molecule has 1 aliphatic rings. The van der Waals surface area contributed by atoms with Gasteiger partial charge in [-0.05, 0) is 38.4 Å². The van der Waals surface area contributed by atoms with Crippen LogP contribution in [0.1, 0.15) is 46.2 Å². The van der Waals surface area contributed by atoms with E-state index in [1.165, 1.54) is 11.8 Å². The summed E-state index contributed by atoms with van der Waals surface area (Å²) in [5.74, 6) is -0.0988. The highest BCUT2D eigenvalue weighted by molar-refractivity contribution is 5.88. The molecule has 26 heavy (non-hydrogen) atoms. The van der Waals surface area contributed by atoms with Gasteiger partial charge in [-0.2, -0.15) is 0 Å². The highest BCUT2D eigenvalue weighted by atomic mass is 16.4. The van der Waals surface area contributed by atoms with E-state index in [4.69, 9.17) is 9.90 Å². The second kappa shape index (κ2) is 9.62. The first-order valence-corrected chi connectivity index (χ1v) is 8.46. The lowest BCUT2D eigenvalue weighted by molar-refractivity contribution is -0.122. The lowest BCUT2D eigenvalue weighted by Crippen LogP contribution is -2.33. The quantitative estimate of drug-likeness (QED) is 0.810. The van der Waals surface area contributed by atoms with Gasteiger partial charge in [0, 0.05) is 18.7 Å². The smallest absolute Gasteiger partial charge is 0.339 e. The lowest BCUT2D eigenvalue weighted by atomic mass is 9.90. The van der Waals surface area contributed by atoms with Crippen molar-refractivity contribution in [2.75, 3.05) is 13.1 Å². The van der Waals surface area contributed by atoms with Gasteiger partial charge in [0.25, 0.3) is 6.47 Å². The molecule has 0 unspecified atom stereocenters. The molecule has 7 heteroatoms. The van der Waals surface area contributed by atoms with Crippen molar-refractivity contribution >= 4 is 12.4 Å². The molecule has 1 fully saturated rings. The van der Waals surface area contributed by atoms with Crippen LogP contribution in [0.5, 0.6) is 0 Å². The molecule has 1 aromatic heterocycles. The number of likely N-dealkylation sites (tertiary alicyclic amines) is 1. The predicted octanol–water partition coefficient (Wildman–Crippen LogP) is 2.56. The Hall–Kier alpha value is -2.80. The van der Waals surface area contributed by atoms with Crippen LogP contribution in [0.3, 0.4) is 0 Å². The number of hydrogen-bond donors (Lipinski definition) is 2. The number of carboxylic acids is 1. The summed E-state index contributed by atoms with van der Waals surface area (Å²) in [5, 5.41) is 16.2. The van der Waals surface area contributed by atoms with Gasteiger partial charge in [-0.25, -0.2) is 14.8 Å². The Kier molecular flexibility index (Phi) is 7.23. The van der Waals surface area contributed by atoms with Crippen molar-refractivity contribution in [2.45, 2.75) is 32.2 Å². The van der Waals surface area contributed by atoms with Gasteiger partial charge in [0.15, 0.2) is 0 Å². The Labute approximate surface area is 152 Å². The second-order valence-corrected chi connectivity index (χ2v) is 6.16. The van der Waals surface area contributed by atoms with E-state index in [9.17, 15) is 9.90 Å². The normalized spacial score (nSPS) is 15.0. The standard InChI is InChI=1S/C18H21N3O2.CH2O2/c1-13-19-11-16(18(22)23)17(20-13)15-7-9-21(10-8-15)12-14-5-3-2-4-6-14;2-1-3/h2-6,11,15H,7-10,12H2,1H3,(H,22,23);1H,(H,2,3). The molecular weight excluding hydrogens is 334 g/mol. The highest BCUT2D eigenvalue weighted by Crippen LogP contribution is 2.29. The molecule has 7 nitrogen and oxygen atoms in total. The van der Waals surface area contributed by atoms with E-state index >= 15 is 0 Å². The third-order valence-electron chi connectivity index (χ3n) is 4.39. The second-order valence-electron chi connectivity index (χ2n) is 6.16. The maximum atomic E-state index is 11.4. The van der Waals surface area contributed by atoms with E-state index in [0.29, 0.717) is 11.5 Å². The predicted molar refractivity (Wildman–Crippen MR) is 96.1 cm³/mol. The van der Waals surface area contributed by atoms with Gasteiger partial charge in [-0.15, -0.1) is 0 Å². The first-order chi connectivity index (χ1) is 12.5. The minimum atomic E-state index is -0.938. The lowest BCUT2D eigenvalue weighted by Gasteiger charge is -2.32. The Bertz CT molecular complexity index is 729. The number of piperidine rings is 1. The first-order valence-electron chi connectivity index (χ1n) is 8.46. The zero-order chi connectivity index (χ0) is 18.9. The van der Waals surface area contributed by atoms with Crippen molar-refractivity contribution in [3.8, 4) is 0 Å². The summed E-state index contributed by atoms with van der Waals surface area (Å²) in [6, 6.07) is 10.4. The fraction of sp³-hybridized carbons (Fsp3) is 0.368. The monoisotopic (exact) mass is 357 g/mol. The van der Waals surface area contributed by atoms with Gasteiger partial charge < -0.3 is 10.2 Å². The molecule has 0 radical (unpaired) electrons. The van der Waals surface area contributed by atoms with Crippen LogP contribution >= 0.6 is 0 Å². The number of nitrogens with zero attached hydrogens (tertiary/aromatic N) is 3. The van der Waals surface area contributed by atoms with E-state index in [1.807, 2.05) is 6.07 Å². The van der Waals surface area contributed by atoms with Crippen molar-refractivity contribution in [3.05, 3.63) is 59.2 Å². The van der Waals surface area contributed by atoms with Crippen molar-refractivity contribution in [1.29, 1.82) is 0 Å². The maximum absolute atomic E-state index is 11.4. The van der Waals surface area contributed by atoms with Crippen LogP contribution in [0.15, 0.2) is 36.5 Å². The number of aromatic carboxylic acids is 1. The Balaban J connectivity index is 0.000000758. The minimum absolute atomic E-state index is 0.204. The Morgan fingerprint density at radius 3 is 2.46 bits per heavy atom. The van der Waals surface area contributed by atoms with E-state index in [1.54, 1.807) is 6.92 Å². The topological polar surface area (TPSA) is 104 Å². The summed E-state index contributed by atoms with van der Waals surface area (Å²) in [6.45, 7) is 4.42. The summed E-state index contributed by atoms with van der Waals surface area (Å²) in [5.41, 5.74) is 2.26. The molecule has 2 heterocycles. The molecule has 1 saturated heterocycles. The molecule has 0 spiro atoms. The highest BCUT2D eigenvalue weighted by Gasteiger charge is 2.26. The SMILES string of the molecule is Cc1ncc(C(=O)O)c(C2CCN(Cc3ccccc3)CC2)n1.O=CO. The number of rotatable bonds is 4. The minimum Gasteiger partial charge on any atom is -0.483 e. The van der Waals surface area contributed by atoms with Crippen LogP contribution in [0.25, 0.3) is 0 Å². The van der Waals surface area contributed by atoms with Crippen LogP contribution in [0.2, 0.25) is 0 Å². The zero-order valence-electron chi connectivity index (χ0n) is 14.7. The van der Waals surface area contributed by atoms with E-state index in [-0.39, 0.29) is 18.0 Å². The largest absolute Gasteiger partial charge is 0.483 e. The van der Waals surface area contributed by atoms with Gasteiger partial charge in [-0.3, -0.25) is 9.69 Å². The number of hydrogen-bond acceptors (Lipinski definition) is 5. The van der Waals surface area contributed by atoms with Crippen LogP contribution < -0.4 is 0 Å². The number of carbonyl (C=O) groups is 2. The molecule has 2 aromatic rings. The van der Waals surface area contributed by atoms with Gasteiger partial charge in [0.05, 0.1) is 11.3 Å². The van der Waals surface area contributed by atoms with Crippen LogP contribution in [-0.2, 0) is 11.3 Å². The van der Waals surface area contributed by atoms with Gasteiger partial charge in [0.1, 0.15) is 5.82 Å². The van der Waals surface area contributed by atoms with Gasteiger partial charge >= 0.3 is 5.97 Å². The van der Waals surface area contributed by atoms with E-state index in [0.717, 1.165) is 32.5 Å². The average Bonchev–Trinajstić information content (AvgIpc) is 2.63. The summed E-state index contributed by atoms with van der Waals surface area (Å²) in [6.07, 6.45) is 3.31. The van der Waals surface area contributed by atoms with Crippen molar-refractivity contribution < 1.29 is 19.8 Å². The zero-order valence-corrected chi connectivity index (χ0v) is 14.7. The van der Waals surface area contributed by atoms with Crippen molar-refractivity contribution in [1.82, 2.24) is 14.9 Å². The summed E-state index contributed by atoms with van der Waals surface area (Å²) in [4.78, 5) is 30.6. The van der Waals surface area contributed by atoms with Crippen molar-refractivity contribution in [3.63, 3.8) is 0 Å².